The largest absolute Gasteiger partial charge is 0.301 e. The number of halogens is 3. The predicted molar refractivity (Wildman–Crippen MR) is 82.2 cm³/mol. The summed E-state index contributed by atoms with van der Waals surface area (Å²) in [5, 5.41) is 1.14. The van der Waals surface area contributed by atoms with E-state index in [0.29, 0.717) is 0 Å². The summed E-state index contributed by atoms with van der Waals surface area (Å²) in [6, 6.07) is 0.721. The fourth-order valence-corrected chi connectivity index (χ4v) is 2.04. The summed E-state index contributed by atoms with van der Waals surface area (Å²) in [5.41, 5.74) is 0. The summed E-state index contributed by atoms with van der Waals surface area (Å²) in [7, 11) is 0. The van der Waals surface area contributed by atoms with Gasteiger partial charge in [-0.05, 0) is 26.8 Å². The fraction of sp³-hybridized carbons (Fsp3) is 1.00. The van der Waals surface area contributed by atoms with Gasteiger partial charge in [0.25, 0.3) is 0 Å². The Hall–Kier alpha value is 1.36. The summed E-state index contributed by atoms with van der Waals surface area (Å²) in [6.07, 6.45) is 1.28. The van der Waals surface area contributed by atoms with Crippen LogP contribution in [-0.2, 0) is 0 Å². The van der Waals surface area contributed by atoms with Crippen molar-refractivity contribution < 1.29 is 0 Å². The predicted octanol–water partition coefficient (Wildman–Crippen LogP) is 2.95. The van der Waals surface area contributed by atoms with Gasteiger partial charge >= 0.3 is 0 Å². The molecule has 94 valence electrons. The lowest BCUT2D eigenvalue weighted by atomic mass is 10.2. The Labute approximate surface area is 123 Å². The van der Waals surface area contributed by atoms with Gasteiger partial charge in [-0.25, -0.2) is 0 Å². The van der Waals surface area contributed by atoms with Gasteiger partial charge in [0.1, 0.15) is 0 Å². The van der Waals surface area contributed by atoms with Crippen LogP contribution in [0.3, 0.4) is 0 Å². The number of alkyl halides is 1. The van der Waals surface area contributed by atoms with Gasteiger partial charge in [-0.1, -0.05) is 15.9 Å². The van der Waals surface area contributed by atoms with Gasteiger partial charge in [0.15, 0.2) is 0 Å². The van der Waals surface area contributed by atoms with E-state index in [1.54, 1.807) is 0 Å². The maximum Gasteiger partial charge on any atom is 0.0113 e. The van der Waals surface area contributed by atoms with Gasteiger partial charge in [0.2, 0.25) is 0 Å². The molecule has 0 radical (unpaired) electrons. The summed E-state index contributed by atoms with van der Waals surface area (Å²) in [6.45, 7) is 10.8. The molecule has 1 heterocycles. The second-order valence-corrected chi connectivity index (χ2v) is 4.81. The van der Waals surface area contributed by atoms with Crippen LogP contribution in [0.15, 0.2) is 0 Å². The molecule has 2 nitrogen and oxygen atoms in total. The van der Waals surface area contributed by atoms with Crippen molar-refractivity contribution >= 4 is 49.9 Å². The first kappa shape index (κ1) is 18.7. The Balaban J connectivity index is 0. The molecule has 0 aliphatic carbocycles. The van der Waals surface area contributed by atoms with Crippen molar-refractivity contribution in [3.05, 3.63) is 0 Å². The van der Waals surface area contributed by atoms with Gasteiger partial charge in [0.05, 0.1) is 0 Å². The molecule has 0 spiro atoms. The van der Waals surface area contributed by atoms with Crippen molar-refractivity contribution in [2.75, 3.05) is 38.1 Å². The molecule has 0 aromatic carbocycles. The maximum atomic E-state index is 3.47. The molecule has 0 unspecified atom stereocenters. The second kappa shape index (κ2) is 10.5. The van der Waals surface area contributed by atoms with Crippen LogP contribution in [0.5, 0.6) is 0 Å². The molecule has 1 aliphatic rings. The molecular weight excluding hydrogens is 388 g/mol. The minimum Gasteiger partial charge on any atom is -0.301 e. The summed E-state index contributed by atoms with van der Waals surface area (Å²) in [4.78, 5) is 5.13. The molecular formula is C10H23Br3N2. The number of rotatable bonds is 4. The Morgan fingerprint density at radius 2 is 1.60 bits per heavy atom. The van der Waals surface area contributed by atoms with Crippen LogP contribution in [0.1, 0.15) is 20.3 Å². The van der Waals surface area contributed by atoms with E-state index in [1.807, 2.05) is 0 Å². The third-order valence-electron chi connectivity index (χ3n) is 2.75. The number of piperazine rings is 1. The normalized spacial score (nSPS) is 18.4. The van der Waals surface area contributed by atoms with Gasteiger partial charge < -0.3 is 4.90 Å². The van der Waals surface area contributed by atoms with E-state index < -0.39 is 0 Å². The van der Waals surface area contributed by atoms with Crippen molar-refractivity contribution in [3.8, 4) is 0 Å². The molecule has 15 heavy (non-hydrogen) atoms. The second-order valence-electron chi connectivity index (χ2n) is 4.01. The molecule has 5 heteroatoms. The van der Waals surface area contributed by atoms with Crippen LogP contribution in [0.2, 0.25) is 0 Å². The monoisotopic (exact) mass is 408 g/mol. The minimum atomic E-state index is 0. The van der Waals surface area contributed by atoms with E-state index >= 15 is 0 Å². The highest BCUT2D eigenvalue weighted by Crippen LogP contribution is 2.06. The average molecular weight is 411 g/mol. The maximum absolute atomic E-state index is 3.47. The van der Waals surface area contributed by atoms with E-state index in [1.165, 1.54) is 39.1 Å². The van der Waals surface area contributed by atoms with E-state index in [9.17, 15) is 0 Å². The van der Waals surface area contributed by atoms with Crippen molar-refractivity contribution in [2.24, 2.45) is 0 Å². The van der Waals surface area contributed by atoms with Crippen molar-refractivity contribution in [1.29, 1.82) is 0 Å². The topological polar surface area (TPSA) is 6.48 Å². The zero-order chi connectivity index (χ0) is 9.68. The highest BCUT2D eigenvalue weighted by atomic mass is 79.9. The minimum absolute atomic E-state index is 0. The molecule has 0 N–H and O–H groups in total. The average Bonchev–Trinajstić information content (AvgIpc) is 2.15. The molecule has 0 aromatic rings. The third-order valence-corrected chi connectivity index (χ3v) is 3.31. The summed E-state index contributed by atoms with van der Waals surface area (Å²) >= 11 is 3.47. The molecule has 1 saturated heterocycles. The van der Waals surface area contributed by atoms with Gasteiger partial charge in [-0.2, -0.15) is 0 Å². The van der Waals surface area contributed by atoms with Gasteiger partial charge in [-0.15, -0.1) is 34.0 Å². The molecule has 0 atom stereocenters. The lowest BCUT2D eigenvalue weighted by Crippen LogP contribution is -2.48. The Morgan fingerprint density at radius 3 is 2.00 bits per heavy atom. The first-order valence-electron chi connectivity index (χ1n) is 5.26. The Bertz CT molecular complexity index is 137. The van der Waals surface area contributed by atoms with Crippen molar-refractivity contribution in [1.82, 2.24) is 9.80 Å². The number of hydrogen-bond acceptors (Lipinski definition) is 2. The molecule has 0 saturated carbocycles. The quantitative estimate of drug-likeness (QED) is 0.657. The molecule has 1 rings (SSSR count). The lowest BCUT2D eigenvalue weighted by Gasteiger charge is -2.36. The molecule has 0 amide bonds. The summed E-state index contributed by atoms with van der Waals surface area (Å²) in [5.74, 6) is 0. The third kappa shape index (κ3) is 7.31. The standard InChI is InChI=1S/C10H21BrN2.2BrH/c1-10(2)13-8-6-12(7-9-13)5-3-4-11;;/h10H,3-9H2,1-2H3;2*1H. The van der Waals surface area contributed by atoms with E-state index in [4.69, 9.17) is 0 Å². The first-order valence-corrected chi connectivity index (χ1v) is 6.38. The van der Waals surface area contributed by atoms with Crippen LogP contribution >= 0.6 is 49.9 Å². The smallest absolute Gasteiger partial charge is 0.0113 e. The Morgan fingerprint density at radius 1 is 1.07 bits per heavy atom. The van der Waals surface area contributed by atoms with Crippen LogP contribution in [-0.4, -0.2) is 53.9 Å². The number of nitrogens with zero attached hydrogens (tertiary/aromatic N) is 2. The highest BCUT2D eigenvalue weighted by molar-refractivity contribution is 9.09. The van der Waals surface area contributed by atoms with Crippen LogP contribution in [0.4, 0.5) is 0 Å². The van der Waals surface area contributed by atoms with E-state index in [-0.39, 0.29) is 34.0 Å². The fourth-order valence-electron chi connectivity index (χ4n) is 1.79. The highest BCUT2D eigenvalue weighted by Gasteiger charge is 2.17. The molecule has 1 aliphatic heterocycles. The first-order chi connectivity index (χ1) is 6.24. The summed E-state index contributed by atoms with van der Waals surface area (Å²) < 4.78 is 0. The molecule has 1 fully saturated rings. The van der Waals surface area contributed by atoms with E-state index in [2.05, 4.69) is 39.6 Å². The van der Waals surface area contributed by atoms with Crippen molar-refractivity contribution in [2.45, 2.75) is 26.3 Å². The zero-order valence-corrected chi connectivity index (χ0v) is 14.6. The van der Waals surface area contributed by atoms with Gasteiger partial charge in [0, 0.05) is 37.6 Å². The Kier molecular flexibility index (Phi) is 13.1. The zero-order valence-electron chi connectivity index (χ0n) is 9.62. The lowest BCUT2D eigenvalue weighted by molar-refractivity contribution is 0.109. The van der Waals surface area contributed by atoms with E-state index in [0.717, 1.165) is 11.4 Å². The van der Waals surface area contributed by atoms with Gasteiger partial charge in [-0.3, -0.25) is 4.90 Å². The van der Waals surface area contributed by atoms with Crippen LogP contribution < -0.4 is 0 Å². The van der Waals surface area contributed by atoms with Crippen LogP contribution in [0, 0.1) is 0 Å². The van der Waals surface area contributed by atoms with Crippen LogP contribution in [0.25, 0.3) is 0 Å². The molecule has 0 bridgehead atoms. The SMILES string of the molecule is Br.Br.CC(C)N1CCN(CCCBr)CC1. The number of hydrogen-bond donors (Lipinski definition) is 0. The molecule has 0 aromatic heterocycles. The van der Waals surface area contributed by atoms with Crippen molar-refractivity contribution in [3.63, 3.8) is 0 Å².